The van der Waals surface area contributed by atoms with E-state index in [1.54, 1.807) is 7.11 Å². The standard InChI is InChI=1S/C21H19NO/c1-3-22-20-7-5-4-6-18(20)19-13-10-16(14-21(19)22)15-8-11-17(23-2)12-9-15/h4-14H,3H2,1-2H3. The number of fused-ring (bicyclic) bond motifs is 3. The maximum atomic E-state index is 5.25. The molecular weight excluding hydrogens is 282 g/mol. The third-order valence-electron chi connectivity index (χ3n) is 4.51. The number of hydrogen-bond donors (Lipinski definition) is 0. The topological polar surface area (TPSA) is 14.2 Å². The largest absolute Gasteiger partial charge is 0.497 e. The average Bonchev–Trinajstić information content (AvgIpc) is 2.94. The highest BCUT2D eigenvalue weighted by atomic mass is 16.5. The van der Waals surface area contributed by atoms with Gasteiger partial charge in [-0.2, -0.15) is 0 Å². The van der Waals surface area contributed by atoms with Gasteiger partial charge in [0, 0.05) is 28.4 Å². The molecule has 0 unspecified atom stereocenters. The van der Waals surface area contributed by atoms with Crippen molar-refractivity contribution in [1.29, 1.82) is 0 Å². The highest BCUT2D eigenvalue weighted by molar-refractivity contribution is 6.09. The summed E-state index contributed by atoms with van der Waals surface area (Å²) in [5.41, 5.74) is 5.04. The summed E-state index contributed by atoms with van der Waals surface area (Å²) in [5.74, 6) is 0.887. The summed E-state index contributed by atoms with van der Waals surface area (Å²) < 4.78 is 7.63. The Morgan fingerprint density at radius 1 is 0.783 bits per heavy atom. The minimum absolute atomic E-state index is 0.887. The Bertz CT molecular complexity index is 980. The van der Waals surface area contributed by atoms with Crippen molar-refractivity contribution in [3.63, 3.8) is 0 Å². The molecule has 0 atom stereocenters. The van der Waals surface area contributed by atoms with Crippen LogP contribution in [0.1, 0.15) is 6.92 Å². The van der Waals surface area contributed by atoms with E-state index in [1.807, 2.05) is 12.1 Å². The molecule has 4 rings (SSSR count). The van der Waals surface area contributed by atoms with E-state index in [4.69, 9.17) is 4.74 Å². The molecule has 2 nitrogen and oxygen atoms in total. The van der Waals surface area contributed by atoms with Gasteiger partial charge in [-0.1, -0.05) is 42.5 Å². The molecule has 0 amide bonds. The minimum atomic E-state index is 0.887. The molecule has 4 aromatic rings. The van der Waals surface area contributed by atoms with Crippen molar-refractivity contribution in [3.05, 3.63) is 66.7 Å². The van der Waals surface area contributed by atoms with Gasteiger partial charge in [0.25, 0.3) is 0 Å². The Labute approximate surface area is 135 Å². The zero-order valence-corrected chi connectivity index (χ0v) is 13.4. The first-order valence-corrected chi connectivity index (χ1v) is 7.97. The first kappa shape index (κ1) is 13.9. The third-order valence-corrected chi connectivity index (χ3v) is 4.51. The fourth-order valence-electron chi connectivity index (χ4n) is 3.35. The van der Waals surface area contributed by atoms with Crippen LogP contribution in [-0.4, -0.2) is 11.7 Å². The molecule has 0 fully saturated rings. The van der Waals surface area contributed by atoms with Gasteiger partial charge in [0.15, 0.2) is 0 Å². The van der Waals surface area contributed by atoms with Crippen molar-refractivity contribution in [1.82, 2.24) is 4.57 Å². The molecular formula is C21H19NO. The lowest BCUT2D eigenvalue weighted by atomic mass is 10.0. The van der Waals surface area contributed by atoms with Crippen LogP contribution in [0.2, 0.25) is 0 Å². The molecule has 0 radical (unpaired) electrons. The second-order valence-electron chi connectivity index (χ2n) is 5.72. The fourth-order valence-corrected chi connectivity index (χ4v) is 3.35. The minimum Gasteiger partial charge on any atom is -0.497 e. The number of benzene rings is 3. The van der Waals surface area contributed by atoms with Crippen molar-refractivity contribution in [2.75, 3.05) is 7.11 Å². The molecule has 1 heterocycles. The molecule has 0 saturated carbocycles. The summed E-state index contributed by atoms with van der Waals surface area (Å²) in [6.07, 6.45) is 0. The van der Waals surface area contributed by atoms with Crippen LogP contribution in [0.4, 0.5) is 0 Å². The van der Waals surface area contributed by atoms with Gasteiger partial charge in [-0.05, 0) is 42.3 Å². The number of hydrogen-bond acceptors (Lipinski definition) is 1. The zero-order valence-electron chi connectivity index (χ0n) is 13.4. The third kappa shape index (κ3) is 2.18. The van der Waals surface area contributed by atoms with Gasteiger partial charge >= 0.3 is 0 Å². The van der Waals surface area contributed by atoms with Gasteiger partial charge in [-0.25, -0.2) is 0 Å². The zero-order chi connectivity index (χ0) is 15.8. The Hall–Kier alpha value is -2.74. The molecule has 0 N–H and O–H groups in total. The molecule has 0 spiro atoms. The Morgan fingerprint density at radius 3 is 2.22 bits per heavy atom. The van der Waals surface area contributed by atoms with Crippen LogP contribution in [0.25, 0.3) is 32.9 Å². The Kier molecular flexibility index (Phi) is 3.30. The summed E-state index contributed by atoms with van der Waals surface area (Å²) in [6.45, 7) is 3.17. The number of rotatable bonds is 3. The first-order chi connectivity index (χ1) is 11.3. The smallest absolute Gasteiger partial charge is 0.118 e. The fraction of sp³-hybridized carbons (Fsp3) is 0.143. The van der Waals surface area contributed by atoms with Crippen molar-refractivity contribution in [3.8, 4) is 16.9 Å². The van der Waals surface area contributed by atoms with Gasteiger partial charge in [-0.15, -0.1) is 0 Å². The quantitative estimate of drug-likeness (QED) is 0.488. The second kappa shape index (κ2) is 5.47. The SMILES string of the molecule is CCn1c2ccccc2c2ccc(-c3ccc(OC)cc3)cc21. The lowest BCUT2D eigenvalue weighted by molar-refractivity contribution is 0.415. The van der Waals surface area contributed by atoms with E-state index in [0.29, 0.717) is 0 Å². The molecule has 23 heavy (non-hydrogen) atoms. The van der Waals surface area contributed by atoms with E-state index in [2.05, 4.69) is 66.1 Å². The summed E-state index contributed by atoms with van der Waals surface area (Å²) >= 11 is 0. The van der Waals surface area contributed by atoms with Crippen LogP contribution in [0.15, 0.2) is 66.7 Å². The highest BCUT2D eigenvalue weighted by Gasteiger charge is 2.10. The van der Waals surface area contributed by atoms with Crippen LogP contribution in [0, 0.1) is 0 Å². The van der Waals surface area contributed by atoms with Crippen molar-refractivity contribution < 1.29 is 4.74 Å². The molecule has 114 valence electrons. The normalized spacial score (nSPS) is 11.2. The van der Waals surface area contributed by atoms with Gasteiger partial charge in [0.1, 0.15) is 5.75 Å². The van der Waals surface area contributed by atoms with E-state index < -0.39 is 0 Å². The monoisotopic (exact) mass is 301 g/mol. The summed E-state index contributed by atoms with van der Waals surface area (Å²) in [5, 5.41) is 2.64. The number of para-hydroxylation sites is 1. The summed E-state index contributed by atoms with van der Waals surface area (Å²) in [6, 6.07) is 23.6. The first-order valence-electron chi connectivity index (χ1n) is 7.97. The lowest BCUT2D eigenvalue weighted by Gasteiger charge is -2.06. The van der Waals surface area contributed by atoms with Crippen LogP contribution in [0.3, 0.4) is 0 Å². The van der Waals surface area contributed by atoms with Gasteiger partial charge < -0.3 is 9.30 Å². The van der Waals surface area contributed by atoms with Crippen LogP contribution in [0.5, 0.6) is 5.75 Å². The predicted octanol–water partition coefficient (Wildman–Crippen LogP) is 5.49. The van der Waals surface area contributed by atoms with Crippen LogP contribution in [-0.2, 0) is 6.54 Å². The maximum Gasteiger partial charge on any atom is 0.118 e. The molecule has 0 aliphatic rings. The molecule has 0 saturated heterocycles. The molecule has 0 bridgehead atoms. The second-order valence-corrected chi connectivity index (χ2v) is 5.72. The van der Waals surface area contributed by atoms with E-state index in [9.17, 15) is 0 Å². The van der Waals surface area contributed by atoms with E-state index in [1.165, 1.54) is 32.9 Å². The van der Waals surface area contributed by atoms with Gasteiger partial charge in [0.2, 0.25) is 0 Å². The molecule has 2 heteroatoms. The highest BCUT2D eigenvalue weighted by Crippen LogP contribution is 2.32. The number of methoxy groups -OCH3 is 1. The Balaban J connectivity index is 1.94. The predicted molar refractivity (Wildman–Crippen MR) is 97.1 cm³/mol. The number of ether oxygens (including phenoxy) is 1. The summed E-state index contributed by atoms with van der Waals surface area (Å²) in [4.78, 5) is 0. The maximum absolute atomic E-state index is 5.25. The van der Waals surface area contributed by atoms with E-state index >= 15 is 0 Å². The van der Waals surface area contributed by atoms with Crippen molar-refractivity contribution >= 4 is 21.8 Å². The lowest BCUT2D eigenvalue weighted by Crippen LogP contribution is -1.93. The van der Waals surface area contributed by atoms with Crippen LogP contribution >= 0.6 is 0 Å². The molecule has 0 aliphatic carbocycles. The average molecular weight is 301 g/mol. The number of nitrogens with zero attached hydrogens (tertiary/aromatic N) is 1. The number of aryl methyl sites for hydroxylation is 1. The molecule has 3 aromatic carbocycles. The molecule has 1 aromatic heterocycles. The molecule has 0 aliphatic heterocycles. The Morgan fingerprint density at radius 2 is 1.48 bits per heavy atom. The van der Waals surface area contributed by atoms with Crippen molar-refractivity contribution in [2.24, 2.45) is 0 Å². The van der Waals surface area contributed by atoms with Crippen molar-refractivity contribution in [2.45, 2.75) is 13.5 Å². The van der Waals surface area contributed by atoms with Gasteiger partial charge in [-0.3, -0.25) is 0 Å². The van der Waals surface area contributed by atoms with Crippen LogP contribution < -0.4 is 4.74 Å². The van der Waals surface area contributed by atoms with Gasteiger partial charge in [0.05, 0.1) is 7.11 Å². The van der Waals surface area contributed by atoms with E-state index in [-0.39, 0.29) is 0 Å². The van der Waals surface area contributed by atoms with E-state index in [0.717, 1.165) is 12.3 Å². The summed E-state index contributed by atoms with van der Waals surface area (Å²) in [7, 11) is 1.70. The number of aromatic nitrogens is 1.